The Morgan fingerprint density at radius 1 is 1.50 bits per heavy atom. The zero-order valence-electron chi connectivity index (χ0n) is 11.3. The van der Waals surface area contributed by atoms with Gasteiger partial charge in [0.1, 0.15) is 0 Å². The molecule has 0 atom stereocenters. The maximum absolute atomic E-state index is 10.9. The molecule has 0 radical (unpaired) electrons. The van der Waals surface area contributed by atoms with Crippen molar-refractivity contribution in [1.82, 2.24) is 14.8 Å². The van der Waals surface area contributed by atoms with E-state index in [0.29, 0.717) is 16.2 Å². The van der Waals surface area contributed by atoms with Gasteiger partial charge in [0, 0.05) is 17.7 Å². The lowest BCUT2D eigenvalue weighted by molar-refractivity contribution is -0.385. The summed E-state index contributed by atoms with van der Waals surface area (Å²) in [5.74, 6) is 0.815. The molecule has 0 saturated heterocycles. The second-order valence-corrected chi connectivity index (χ2v) is 4.85. The van der Waals surface area contributed by atoms with Crippen LogP contribution < -0.4 is 4.74 Å². The number of rotatable bonds is 4. The van der Waals surface area contributed by atoms with Crippen LogP contribution in [0.1, 0.15) is 19.9 Å². The van der Waals surface area contributed by atoms with Gasteiger partial charge in [-0.3, -0.25) is 19.8 Å². The third kappa shape index (κ3) is 2.42. The van der Waals surface area contributed by atoms with Crippen LogP contribution >= 0.6 is 12.2 Å². The molecule has 0 bridgehead atoms. The number of nitro groups is 1. The zero-order valence-corrected chi connectivity index (χ0v) is 12.1. The summed E-state index contributed by atoms with van der Waals surface area (Å²) >= 11 is 5.18. The summed E-state index contributed by atoms with van der Waals surface area (Å²) in [7, 11) is 1.39. The number of methoxy groups -OCH3 is 1. The number of hydrogen-bond donors (Lipinski definition) is 1. The van der Waals surface area contributed by atoms with Crippen molar-refractivity contribution in [2.45, 2.75) is 19.9 Å². The predicted octanol–water partition coefficient (Wildman–Crippen LogP) is 3.11. The standard InChI is InChI=1S/C12H14N4O3S/c1-7(2)15-11(13-14-12(15)20)8-4-5-9(16(17)18)10(6-8)19-3/h4-7H,1-3H3,(H,14,20). The van der Waals surface area contributed by atoms with E-state index in [0.717, 1.165) is 0 Å². The molecule has 1 aromatic carbocycles. The molecule has 0 saturated carbocycles. The van der Waals surface area contributed by atoms with Gasteiger partial charge in [0.15, 0.2) is 16.3 Å². The van der Waals surface area contributed by atoms with E-state index in [4.69, 9.17) is 17.0 Å². The van der Waals surface area contributed by atoms with Gasteiger partial charge in [0.2, 0.25) is 0 Å². The predicted molar refractivity (Wildman–Crippen MR) is 76.4 cm³/mol. The number of H-pyrrole nitrogens is 1. The first kappa shape index (κ1) is 14.2. The SMILES string of the molecule is COc1cc(-c2n[nH]c(=S)n2C(C)C)ccc1[N+](=O)[O-]. The molecule has 106 valence electrons. The Hall–Kier alpha value is -2.22. The van der Waals surface area contributed by atoms with Gasteiger partial charge >= 0.3 is 5.69 Å². The number of aromatic nitrogens is 3. The minimum absolute atomic E-state index is 0.0820. The molecule has 7 nitrogen and oxygen atoms in total. The van der Waals surface area contributed by atoms with E-state index in [9.17, 15) is 10.1 Å². The van der Waals surface area contributed by atoms with Crippen LogP contribution in [0.3, 0.4) is 0 Å². The molecular weight excluding hydrogens is 280 g/mol. The summed E-state index contributed by atoms with van der Waals surface area (Å²) in [6.07, 6.45) is 0. The average Bonchev–Trinajstić information content (AvgIpc) is 2.79. The lowest BCUT2D eigenvalue weighted by Gasteiger charge is -2.11. The topological polar surface area (TPSA) is 86.0 Å². The summed E-state index contributed by atoms with van der Waals surface area (Å²) in [4.78, 5) is 10.4. The molecule has 0 aliphatic carbocycles. The molecule has 0 aliphatic heterocycles. The van der Waals surface area contributed by atoms with Crippen LogP contribution in [0.25, 0.3) is 11.4 Å². The van der Waals surface area contributed by atoms with Crippen molar-refractivity contribution >= 4 is 17.9 Å². The number of hydrogen-bond acceptors (Lipinski definition) is 5. The van der Waals surface area contributed by atoms with Gasteiger partial charge in [-0.1, -0.05) is 0 Å². The number of nitrogens with one attached hydrogen (secondary N) is 1. The van der Waals surface area contributed by atoms with E-state index in [1.54, 1.807) is 12.1 Å². The van der Waals surface area contributed by atoms with Crippen molar-refractivity contribution in [2.75, 3.05) is 7.11 Å². The van der Waals surface area contributed by atoms with Gasteiger partial charge in [-0.05, 0) is 38.2 Å². The summed E-state index contributed by atoms with van der Waals surface area (Å²) in [6.45, 7) is 3.97. The fourth-order valence-electron chi connectivity index (χ4n) is 1.95. The highest BCUT2D eigenvalue weighted by Crippen LogP contribution is 2.32. The van der Waals surface area contributed by atoms with E-state index in [2.05, 4.69) is 10.2 Å². The van der Waals surface area contributed by atoms with Crippen LogP contribution in [-0.2, 0) is 0 Å². The van der Waals surface area contributed by atoms with Crippen molar-refractivity contribution in [3.8, 4) is 17.1 Å². The van der Waals surface area contributed by atoms with Gasteiger partial charge in [0.05, 0.1) is 12.0 Å². The Bertz CT molecular complexity index is 705. The molecule has 0 spiro atoms. The Morgan fingerprint density at radius 3 is 2.75 bits per heavy atom. The molecule has 0 fully saturated rings. The molecule has 1 aromatic heterocycles. The monoisotopic (exact) mass is 294 g/mol. The maximum atomic E-state index is 10.9. The van der Waals surface area contributed by atoms with E-state index in [1.807, 2.05) is 18.4 Å². The maximum Gasteiger partial charge on any atom is 0.310 e. The quantitative estimate of drug-likeness (QED) is 0.532. The molecular formula is C12H14N4O3S. The van der Waals surface area contributed by atoms with E-state index in [1.165, 1.54) is 13.2 Å². The zero-order chi connectivity index (χ0) is 14.9. The minimum atomic E-state index is -0.484. The molecule has 1 N–H and O–H groups in total. The molecule has 0 amide bonds. The van der Waals surface area contributed by atoms with Crippen molar-refractivity contribution < 1.29 is 9.66 Å². The molecule has 0 aliphatic rings. The molecule has 8 heteroatoms. The summed E-state index contributed by atoms with van der Waals surface area (Å²) in [6, 6.07) is 4.74. The minimum Gasteiger partial charge on any atom is -0.490 e. The van der Waals surface area contributed by atoms with Crippen LogP contribution in [-0.4, -0.2) is 26.8 Å². The van der Waals surface area contributed by atoms with E-state index >= 15 is 0 Å². The van der Waals surface area contributed by atoms with Gasteiger partial charge in [0.25, 0.3) is 0 Å². The number of ether oxygens (including phenoxy) is 1. The highest BCUT2D eigenvalue weighted by atomic mass is 32.1. The Morgan fingerprint density at radius 2 is 2.20 bits per heavy atom. The van der Waals surface area contributed by atoms with Crippen LogP contribution in [0.4, 0.5) is 5.69 Å². The lowest BCUT2D eigenvalue weighted by Crippen LogP contribution is -2.03. The fraction of sp³-hybridized carbons (Fsp3) is 0.333. The first-order chi connectivity index (χ1) is 9.45. The number of nitrogens with zero attached hydrogens (tertiary/aromatic N) is 3. The number of benzene rings is 1. The smallest absolute Gasteiger partial charge is 0.310 e. The van der Waals surface area contributed by atoms with Crippen molar-refractivity contribution in [3.63, 3.8) is 0 Å². The highest BCUT2D eigenvalue weighted by molar-refractivity contribution is 7.71. The van der Waals surface area contributed by atoms with Crippen molar-refractivity contribution in [2.24, 2.45) is 0 Å². The second kappa shape index (κ2) is 5.41. The third-order valence-corrected chi connectivity index (χ3v) is 3.14. The molecule has 1 heterocycles. The van der Waals surface area contributed by atoms with Crippen LogP contribution in [0.2, 0.25) is 0 Å². The molecule has 20 heavy (non-hydrogen) atoms. The normalized spacial score (nSPS) is 10.8. The van der Waals surface area contributed by atoms with Crippen LogP contribution in [0.5, 0.6) is 5.75 Å². The average molecular weight is 294 g/mol. The van der Waals surface area contributed by atoms with E-state index < -0.39 is 4.92 Å². The number of nitro benzene ring substituents is 1. The van der Waals surface area contributed by atoms with E-state index in [-0.39, 0.29) is 17.5 Å². The Kier molecular flexibility index (Phi) is 3.84. The Labute approximate surface area is 120 Å². The Balaban J connectivity index is 2.60. The molecule has 0 unspecified atom stereocenters. The van der Waals surface area contributed by atoms with Gasteiger partial charge in [-0.25, -0.2) is 0 Å². The van der Waals surface area contributed by atoms with Crippen molar-refractivity contribution in [1.29, 1.82) is 0 Å². The second-order valence-electron chi connectivity index (χ2n) is 4.46. The van der Waals surface area contributed by atoms with Crippen molar-refractivity contribution in [3.05, 3.63) is 33.1 Å². The van der Waals surface area contributed by atoms with Crippen LogP contribution in [0.15, 0.2) is 18.2 Å². The summed E-state index contributed by atoms with van der Waals surface area (Å²) < 4.78 is 7.41. The van der Waals surface area contributed by atoms with Crippen LogP contribution in [0, 0.1) is 14.9 Å². The number of aromatic amines is 1. The third-order valence-electron chi connectivity index (χ3n) is 2.86. The first-order valence-electron chi connectivity index (χ1n) is 5.95. The molecule has 2 rings (SSSR count). The summed E-state index contributed by atoms with van der Waals surface area (Å²) in [5.41, 5.74) is 0.620. The van der Waals surface area contributed by atoms with Gasteiger partial charge < -0.3 is 4.74 Å². The fourth-order valence-corrected chi connectivity index (χ4v) is 2.30. The van der Waals surface area contributed by atoms with Gasteiger partial charge in [-0.15, -0.1) is 0 Å². The highest BCUT2D eigenvalue weighted by Gasteiger charge is 2.18. The lowest BCUT2D eigenvalue weighted by atomic mass is 10.1. The first-order valence-corrected chi connectivity index (χ1v) is 6.36. The van der Waals surface area contributed by atoms with Gasteiger partial charge in [-0.2, -0.15) is 5.10 Å². The molecule has 2 aromatic rings. The summed E-state index contributed by atoms with van der Waals surface area (Å²) in [5, 5.41) is 17.8. The largest absolute Gasteiger partial charge is 0.490 e.